The predicted molar refractivity (Wildman–Crippen MR) is 140 cm³/mol. The first kappa shape index (κ1) is 15.6. The molecule has 0 aliphatic heterocycles. The van der Waals surface area contributed by atoms with Gasteiger partial charge in [0.2, 0.25) is 0 Å². The van der Waals surface area contributed by atoms with Crippen molar-refractivity contribution in [2.45, 2.75) is 0 Å². The van der Waals surface area contributed by atoms with Crippen molar-refractivity contribution in [3.63, 3.8) is 0 Å². The van der Waals surface area contributed by atoms with E-state index in [1.807, 2.05) is 0 Å². The van der Waals surface area contributed by atoms with Crippen molar-refractivity contribution in [1.82, 2.24) is 0 Å². The minimum atomic E-state index is 1.32. The van der Waals surface area contributed by atoms with Crippen molar-refractivity contribution in [1.29, 1.82) is 0 Å². The maximum absolute atomic E-state index is 2.37. The molecule has 0 heteroatoms. The van der Waals surface area contributed by atoms with Gasteiger partial charge in [-0.3, -0.25) is 0 Å². The van der Waals surface area contributed by atoms with Gasteiger partial charge >= 0.3 is 0 Å². The highest BCUT2D eigenvalue weighted by Gasteiger charge is 2.21. The van der Waals surface area contributed by atoms with E-state index in [1.165, 1.54) is 86.2 Å². The lowest BCUT2D eigenvalue weighted by Gasteiger charge is -2.21. The Labute approximate surface area is 183 Å². The third-order valence-corrected chi connectivity index (χ3v) is 7.86. The average molecular weight is 400 g/mol. The highest BCUT2D eigenvalue weighted by molar-refractivity contribution is 6.47. The van der Waals surface area contributed by atoms with E-state index in [0.29, 0.717) is 0 Å². The molecule has 0 saturated carbocycles. The fourth-order valence-electron chi connectivity index (χ4n) is 6.63. The predicted octanol–water partition coefficient (Wildman–Crippen LogP) is 9.23. The van der Waals surface area contributed by atoms with Gasteiger partial charge in [-0.25, -0.2) is 0 Å². The molecule has 9 aromatic rings. The summed E-state index contributed by atoms with van der Waals surface area (Å²) in [7, 11) is 0. The second kappa shape index (κ2) is 5.00. The van der Waals surface area contributed by atoms with E-state index in [1.54, 1.807) is 0 Å². The van der Waals surface area contributed by atoms with Crippen LogP contribution in [0.3, 0.4) is 0 Å². The van der Waals surface area contributed by atoms with E-state index in [2.05, 4.69) is 97.1 Å². The first-order chi connectivity index (χ1) is 15.9. The highest BCUT2D eigenvalue weighted by atomic mass is 14.2. The first-order valence-electron chi connectivity index (χ1n) is 11.3. The maximum atomic E-state index is 2.37. The topological polar surface area (TPSA) is 0 Å². The van der Waals surface area contributed by atoms with E-state index in [9.17, 15) is 0 Å². The summed E-state index contributed by atoms with van der Waals surface area (Å²) in [6, 6.07) is 36.6. The number of hydrogen-bond donors (Lipinski definition) is 0. The largest absolute Gasteiger partial charge is 0.0610 e. The van der Waals surface area contributed by atoms with Gasteiger partial charge in [0.05, 0.1) is 0 Å². The molecule has 0 aromatic heterocycles. The van der Waals surface area contributed by atoms with E-state index in [4.69, 9.17) is 0 Å². The third kappa shape index (κ3) is 1.57. The molecule has 0 radical (unpaired) electrons. The molecule has 0 aliphatic carbocycles. The van der Waals surface area contributed by atoms with E-state index >= 15 is 0 Å². The van der Waals surface area contributed by atoms with E-state index in [0.717, 1.165) is 0 Å². The maximum Gasteiger partial charge on any atom is -0.000762 e. The zero-order chi connectivity index (χ0) is 20.6. The monoisotopic (exact) mass is 400 g/mol. The third-order valence-electron chi connectivity index (χ3n) is 7.86. The number of benzene rings is 9. The Hall–Kier alpha value is -4.16. The Kier molecular flexibility index (Phi) is 2.44. The van der Waals surface area contributed by atoms with Gasteiger partial charge < -0.3 is 0 Å². The van der Waals surface area contributed by atoms with Crippen LogP contribution in [-0.4, -0.2) is 0 Å². The summed E-state index contributed by atoms with van der Waals surface area (Å²) in [4.78, 5) is 0. The molecule has 144 valence electrons. The lowest BCUT2D eigenvalue weighted by atomic mass is 9.81. The Morgan fingerprint density at radius 2 is 0.625 bits per heavy atom. The van der Waals surface area contributed by atoms with E-state index in [-0.39, 0.29) is 0 Å². The van der Waals surface area contributed by atoms with E-state index < -0.39 is 0 Å². The fourth-order valence-corrected chi connectivity index (χ4v) is 6.63. The van der Waals surface area contributed by atoms with Crippen molar-refractivity contribution >= 4 is 86.2 Å². The Bertz CT molecular complexity index is 2160. The zero-order valence-corrected chi connectivity index (χ0v) is 17.2. The summed E-state index contributed by atoms with van der Waals surface area (Å²) in [6.45, 7) is 0. The van der Waals surface area contributed by atoms with Gasteiger partial charge in [-0.1, -0.05) is 97.1 Å². The summed E-state index contributed by atoms with van der Waals surface area (Å²) in [5, 5.41) is 22.0. The lowest BCUT2D eigenvalue weighted by molar-refractivity contribution is 1.80. The molecule has 0 nitrogen and oxygen atoms in total. The first-order valence-corrected chi connectivity index (χ1v) is 11.3. The minimum Gasteiger partial charge on any atom is -0.0610 e. The lowest BCUT2D eigenvalue weighted by Crippen LogP contribution is -1.93. The van der Waals surface area contributed by atoms with Crippen LogP contribution in [0.2, 0.25) is 0 Å². The molecule has 0 spiro atoms. The molecule has 0 N–H and O–H groups in total. The number of rotatable bonds is 0. The van der Waals surface area contributed by atoms with Crippen molar-refractivity contribution in [3.05, 3.63) is 97.1 Å². The van der Waals surface area contributed by atoms with Crippen LogP contribution >= 0.6 is 0 Å². The van der Waals surface area contributed by atoms with Crippen LogP contribution in [-0.2, 0) is 0 Å². The minimum absolute atomic E-state index is 1.32. The summed E-state index contributed by atoms with van der Waals surface area (Å²) in [5.74, 6) is 0. The van der Waals surface area contributed by atoms with Crippen LogP contribution in [0, 0.1) is 0 Å². The molecular formula is C32H16. The molecule has 0 bridgehead atoms. The van der Waals surface area contributed by atoms with Crippen LogP contribution < -0.4 is 0 Å². The smallest absolute Gasteiger partial charge is 0.000762 e. The Balaban J connectivity index is 1.79. The van der Waals surface area contributed by atoms with Crippen molar-refractivity contribution in [3.8, 4) is 0 Å². The standard InChI is InChI=1S/C32H16/c1-3-17-11-14-22-23-15-12-21-10-9-20-8-7-19-5-2-6-24-27(19)28(20)29(21)32(23)31(24)25-16-13-18(4-1)26(17)30(22)25/h1-16H. The van der Waals surface area contributed by atoms with Crippen molar-refractivity contribution in [2.24, 2.45) is 0 Å². The molecule has 0 aliphatic rings. The average Bonchev–Trinajstić information content (AvgIpc) is 2.85. The molecular weight excluding hydrogens is 384 g/mol. The summed E-state index contributed by atoms with van der Waals surface area (Å²) < 4.78 is 0. The second-order valence-corrected chi connectivity index (χ2v) is 9.27. The van der Waals surface area contributed by atoms with Gasteiger partial charge in [0.25, 0.3) is 0 Å². The summed E-state index contributed by atoms with van der Waals surface area (Å²) >= 11 is 0. The Morgan fingerprint density at radius 3 is 1.31 bits per heavy atom. The summed E-state index contributed by atoms with van der Waals surface area (Å²) in [5.41, 5.74) is 0. The van der Waals surface area contributed by atoms with Gasteiger partial charge in [0.15, 0.2) is 0 Å². The highest BCUT2D eigenvalue weighted by Crippen LogP contribution is 2.50. The molecule has 32 heavy (non-hydrogen) atoms. The molecule has 0 unspecified atom stereocenters. The van der Waals surface area contributed by atoms with Gasteiger partial charge in [-0.05, 0) is 86.2 Å². The molecule has 0 atom stereocenters. The molecule has 9 rings (SSSR count). The number of fused-ring (bicyclic) bond motifs is 3. The molecule has 0 saturated heterocycles. The molecule has 0 amide bonds. The molecule has 0 heterocycles. The van der Waals surface area contributed by atoms with Crippen LogP contribution in [0.1, 0.15) is 0 Å². The van der Waals surface area contributed by atoms with Gasteiger partial charge in [-0.2, -0.15) is 0 Å². The van der Waals surface area contributed by atoms with Crippen molar-refractivity contribution in [2.75, 3.05) is 0 Å². The van der Waals surface area contributed by atoms with Gasteiger partial charge in [-0.15, -0.1) is 0 Å². The Morgan fingerprint density at radius 1 is 0.219 bits per heavy atom. The number of hydrogen-bond acceptors (Lipinski definition) is 0. The summed E-state index contributed by atoms with van der Waals surface area (Å²) in [6.07, 6.45) is 0. The van der Waals surface area contributed by atoms with Crippen LogP contribution in [0.5, 0.6) is 0 Å². The molecule has 9 aromatic carbocycles. The fraction of sp³-hybridized carbons (Fsp3) is 0. The second-order valence-electron chi connectivity index (χ2n) is 9.27. The molecule has 0 fully saturated rings. The van der Waals surface area contributed by atoms with Crippen LogP contribution in [0.15, 0.2) is 97.1 Å². The van der Waals surface area contributed by atoms with Crippen LogP contribution in [0.4, 0.5) is 0 Å². The van der Waals surface area contributed by atoms with Crippen LogP contribution in [0.25, 0.3) is 86.2 Å². The van der Waals surface area contributed by atoms with Gasteiger partial charge in [0, 0.05) is 0 Å². The van der Waals surface area contributed by atoms with Gasteiger partial charge in [0.1, 0.15) is 0 Å². The quantitative estimate of drug-likeness (QED) is 0.176. The SMILES string of the molecule is c1cc2ccc3c4ccc5ccc6ccc7cccc8c7c6c5c4c8c4ccc(c1)c2c34. The van der Waals surface area contributed by atoms with Crippen molar-refractivity contribution < 1.29 is 0 Å². The normalized spacial score (nSPS) is 13.0. The zero-order valence-electron chi connectivity index (χ0n) is 17.2.